The van der Waals surface area contributed by atoms with Gasteiger partial charge in [-0.2, -0.15) is 0 Å². The number of carbonyl (C=O) groups is 1. The number of hydrogen-bond donors (Lipinski definition) is 4. The molecule has 0 spiro atoms. The summed E-state index contributed by atoms with van der Waals surface area (Å²) in [4.78, 5) is 20.7. The Labute approximate surface area is 297 Å². The fraction of sp³-hybridized carbons (Fsp3) is 0.944. The summed E-state index contributed by atoms with van der Waals surface area (Å²) in [5.41, 5.74) is -4.01. The van der Waals surface area contributed by atoms with Gasteiger partial charge in [-0.1, -0.05) is 13.8 Å². The number of esters is 1. The number of methoxy groups -OCH3 is 1. The van der Waals surface area contributed by atoms with Gasteiger partial charge in [-0.05, 0) is 75.9 Å². The number of ether oxygens (including phenoxy) is 7. The van der Waals surface area contributed by atoms with Crippen molar-refractivity contribution in [2.24, 2.45) is 22.7 Å². The summed E-state index contributed by atoms with van der Waals surface area (Å²) in [6.07, 6.45) is -8.00. The van der Waals surface area contributed by atoms with Gasteiger partial charge >= 0.3 is 5.97 Å². The highest BCUT2D eigenvalue weighted by atomic mass is 16.7. The minimum absolute atomic E-state index is 0.161. The number of cyclic esters (lactones) is 1. The van der Waals surface area contributed by atoms with Crippen molar-refractivity contribution in [3.05, 3.63) is 0 Å². The molecule has 4 aliphatic heterocycles. The predicted molar refractivity (Wildman–Crippen MR) is 183 cm³/mol. The summed E-state index contributed by atoms with van der Waals surface area (Å²) in [5, 5.41) is 45.6. The number of fused-ring (bicyclic) bond motifs is 2. The van der Waals surface area contributed by atoms with E-state index in [9.17, 15) is 25.2 Å². The second kappa shape index (κ2) is 15.5. The number of carbonyl (C=O) groups excluding carboxylic acids is 1. The van der Waals surface area contributed by atoms with Gasteiger partial charge < -0.3 is 58.5 Å². The van der Waals surface area contributed by atoms with Gasteiger partial charge in [0.05, 0.1) is 47.9 Å². The highest BCUT2D eigenvalue weighted by Gasteiger charge is 2.55. The van der Waals surface area contributed by atoms with E-state index in [2.05, 4.69) is 0 Å². The second-order valence-corrected chi connectivity index (χ2v) is 16.3. The van der Waals surface area contributed by atoms with Crippen LogP contribution in [-0.4, -0.2) is 149 Å². The Morgan fingerprint density at radius 3 is 2.14 bits per heavy atom. The molecule has 14 heteroatoms. The molecule has 14 nitrogen and oxygen atoms in total. The standard InChI is InChI=1S/C36H64N2O12/c1-17-15-35(9)30(49-33-26(39)24(38(11)12)14-18(2)45-33)19(3)27(48-25-16-34(8,44-13)29(41)22(6)46-25)20(4)32(42)47-23(7)36(10,43)28(40)21(5)31(37-17)50-35/h17-30,33,39-41,43H,14-16H2,1-13H3/t17-,18?,19+,20-,21-,22?,23-,24?,25?,26?,27+,28-,29?,30-,33?,34?,35?,36-/m1/s1. The van der Waals surface area contributed by atoms with E-state index < -0.39 is 95.8 Å². The van der Waals surface area contributed by atoms with Crippen LogP contribution in [0.1, 0.15) is 88.5 Å². The average molecular weight is 717 g/mol. The van der Waals surface area contributed by atoms with Crippen molar-refractivity contribution in [2.45, 2.75) is 179 Å². The molecule has 2 bridgehead atoms. The number of hydrogen-bond acceptors (Lipinski definition) is 14. The van der Waals surface area contributed by atoms with Crippen LogP contribution in [0.4, 0.5) is 0 Å². The molecule has 0 aliphatic carbocycles. The lowest BCUT2D eigenvalue weighted by atomic mass is 9.78. The molecule has 290 valence electrons. The molecule has 0 aromatic rings. The van der Waals surface area contributed by atoms with Crippen molar-refractivity contribution in [2.75, 3.05) is 21.2 Å². The van der Waals surface area contributed by atoms with Crippen molar-refractivity contribution < 1.29 is 58.4 Å². The van der Waals surface area contributed by atoms with E-state index in [1.54, 1.807) is 27.7 Å². The number of aliphatic imine (C=N–C) groups is 1. The first-order valence-electron chi connectivity index (χ1n) is 18.1. The first-order chi connectivity index (χ1) is 23.1. The Hall–Kier alpha value is -1.46. The Kier molecular flexibility index (Phi) is 12.8. The van der Waals surface area contributed by atoms with Crippen LogP contribution >= 0.6 is 0 Å². The van der Waals surface area contributed by atoms with Gasteiger partial charge in [0.2, 0.25) is 0 Å². The van der Waals surface area contributed by atoms with Crippen LogP contribution in [0.15, 0.2) is 4.99 Å². The molecule has 0 aromatic carbocycles. The third-order valence-electron chi connectivity index (χ3n) is 11.8. The average Bonchev–Trinajstić information content (AvgIpc) is 3.03. The molecular weight excluding hydrogens is 652 g/mol. The first-order valence-corrected chi connectivity index (χ1v) is 18.1. The molecule has 50 heavy (non-hydrogen) atoms. The smallest absolute Gasteiger partial charge is 0.311 e. The van der Waals surface area contributed by atoms with E-state index in [0.717, 1.165) is 0 Å². The van der Waals surface area contributed by atoms with Gasteiger partial charge in [-0.25, -0.2) is 0 Å². The number of likely N-dealkylation sites (N-methyl/N-ethyl adjacent to an activating group) is 1. The monoisotopic (exact) mass is 716 g/mol. The summed E-state index contributed by atoms with van der Waals surface area (Å²) in [6, 6.07) is -0.531. The molecule has 4 rings (SSSR count). The lowest BCUT2D eigenvalue weighted by molar-refractivity contribution is -0.317. The Bertz CT molecular complexity index is 1200. The topological polar surface area (TPSA) is 178 Å². The number of rotatable bonds is 6. The zero-order valence-electron chi connectivity index (χ0n) is 32.2. The van der Waals surface area contributed by atoms with Gasteiger partial charge in [-0.15, -0.1) is 0 Å². The van der Waals surface area contributed by atoms with Gasteiger partial charge in [0.15, 0.2) is 18.5 Å². The lowest BCUT2D eigenvalue weighted by Gasteiger charge is -2.50. The molecule has 4 N–H and O–H groups in total. The molecule has 3 saturated heterocycles. The third-order valence-corrected chi connectivity index (χ3v) is 11.8. The Morgan fingerprint density at radius 2 is 1.54 bits per heavy atom. The molecule has 4 heterocycles. The zero-order chi connectivity index (χ0) is 37.7. The van der Waals surface area contributed by atoms with Crippen LogP contribution in [0.3, 0.4) is 0 Å². The van der Waals surface area contributed by atoms with E-state index in [4.69, 9.17) is 38.2 Å². The molecule has 18 atom stereocenters. The van der Waals surface area contributed by atoms with Crippen molar-refractivity contribution in [1.29, 1.82) is 0 Å². The normalized spacial score (nSPS) is 51.0. The molecule has 4 aliphatic rings. The maximum absolute atomic E-state index is 14.0. The number of aliphatic hydroxyl groups is 4. The maximum Gasteiger partial charge on any atom is 0.311 e. The summed E-state index contributed by atoms with van der Waals surface area (Å²) in [6.45, 7) is 17.5. The van der Waals surface area contributed by atoms with Crippen LogP contribution in [0.25, 0.3) is 0 Å². The number of nitrogens with zero attached hydrogens (tertiary/aromatic N) is 2. The van der Waals surface area contributed by atoms with Crippen LogP contribution in [0.5, 0.6) is 0 Å². The minimum atomic E-state index is -1.88. The predicted octanol–water partition coefficient (Wildman–Crippen LogP) is 2.02. The van der Waals surface area contributed by atoms with Crippen molar-refractivity contribution in [1.82, 2.24) is 4.90 Å². The van der Waals surface area contributed by atoms with Crippen LogP contribution in [0, 0.1) is 17.8 Å². The molecule has 3 fully saturated rings. The molecule has 0 amide bonds. The number of aliphatic hydroxyl groups excluding tert-OH is 3. The first kappa shape index (κ1) is 41.3. The summed E-state index contributed by atoms with van der Waals surface area (Å²) < 4.78 is 44.4. The van der Waals surface area contributed by atoms with Crippen LogP contribution in [0.2, 0.25) is 0 Å². The third kappa shape index (κ3) is 8.19. The fourth-order valence-corrected chi connectivity index (χ4v) is 8.22. The Morgan fingerprint density at radius 1 is 0.900 bits per heavy atom. The largest absolute Gasteiger partial charge is 0.472 e. The minimum Gasteiger partial charge on any atom is -0.472 e. The molecule has 0 radical (unpaired) electrons. The van der Waals surface area contributed by atoms with Crippen molar-refractivity contribution in [3.8, 4) is 0 Å². The SMILES string of the molecule is COC1(C)CC(O[C@H]2[C@H](C)[C@@H](OC3OC(C)CC(N(C)C)C3O)C3(C)C[C@@H](C)N=C(O3)[C@H](C)[C@@H](O)[C@](C)(O)[C@@H](C)OC(=O)[C@@H]2C)OC(C)C1O. The quantitative estimate of drug-likeness (QED) is 0.294. The summed E-state index contributed by atoms with van der Waals surface area (Å²) in [7, 11) is 5.32. The summed E-state index contributed by atoms with van der Waals surface area (Å²) >= 11 is 0. The molecule has 0 aromatic heterocycles. The van der Waals surface area contributed by atoms with Crippen LogP contribution < -0.4 is 0 Å². The molecule has 0 saturated carbocycles. The summed E-state index contributed by atoms with van der Waals surface area (Å²) in [5.74, 6) is -2.83. The van der Waals surface area contributed by atoms with Gasteiger partial charge in [0, 0.05) is 31.9 Å². The van der Waals surface area contributed by atoms with Crippen molar-refractivity contribution in [3.63, 3.8) is 0 Å². The fourth-order valence-electron chi connectivity index (χ4n) is 8.22. The van der Waals surface area contributed by atoms with Crippen molar-refractivity contribution >= 4 is 11.9 Å². The Balaban J connectivity index is 1.85. The molecular formula is C36H64N2O12. The lowest BCUT2D eigenvalue weighted by Crippen LogP contribution is -2.62. The second-order valence-electron chi connectivity index (χ2n) is 16.3. The van der Waals surface area contributed by atoms with E-state index in [0.29, 0.717) is 12.8 Å². The van der Waals surface area contributed by atoms with Gasteiger partial charge in [0.25, 0.3) is 0 Å². The van der Waals surface area contributed by atoms with Gasteiger partial charge in [0.1, 0.15) is 35.6 Å². The van der Waals surface area contributed by atoms with E-state index in [-0.39, 0.29) is 30.5 Å². The highest BCUT2D eigenvalue weighted by molar-refractivity contribution is 5.80. The maximum atomic E-state index is 14.0. The highest BCUT2D eigenvalue weighted by Crippen LogP contribution is 2.43. The molecule has 9 unspecified atom stereocenters. The van der Waals surface area contributed by atoms with E-state index in [1.165, 1.54) is 21.0 Å². The van der Waals surface area contributed by atoms with Crippen LogP contribution in [-0.2, 0) is 38.0 Å². The van der Waals surface area contributed by atoms with E-state index in [1.807, 2.05) is 46.7 Å². The van der Waals surface area contributed by atoms with E-state index >= 15 is 0 Å². The zero-order valence-corrected chi connectivity index (χ0v) is 32.2. The van der Waals surface area contributed by atoms with Gasteiger partial charge in [-0.3, -0.25) is 9.79 Å².